The molecule has 30 heavy (non-hydrogen) atoms. The second-order valence-corrected chi connectivity index (χ2v) is 8.58. The van der Waals surface area contributed by atoms with Crippen molar-refractivity contribution in [1.29, 1.82) is 0 Å². The summed E-state index contributed by atoms with van der Waals surface area (Å²) in [5.41, 5.74) is 2.95. The number of para-hydroxylation sites is 1. The van der Waals surface area contributed by atoms with Gasteiger partial charge in [0.15, 0.2) is 11.0 Å². The fraction of sp³-hybridized carbons (Fsp3) is 0.348. The minimum atomic E-state index is -0.316. The van der Waals surface area contributed by atoms with Crippen LogP contribution in [0.25, 0.3) is 11.4 Å². The zero-order valence-corrected chi connectivity index (χ0v) is 18.9. The van der Waals surface area contributed by atoms with Crippen LogP contribution in [0.15, 0.2) is 53.7 Å². The number of hydrogen-bond donors (Lipinski definition) is 1. The first-order chi connectivity index (χ1) is 14.4. The van der Waals surface area contributed by atoms with Crippen LogP contribution in [0.1, 0.15) is 39.2 Å². The molecule has 0 saturated carbocycles. The average molecular weight is 425 g/mol. The van der Waals surface area contributed by atoms with Crippen molar-refractivity contribution in [2.75, 3.05) is 12.4 Å². The van der Waals surface area contributed by atoms with Crippen molar-refractivity contribution >= 4 is 23.4 Å². The van der Waals surface area contributed by atoms with E-state index in [4.69, 9.17) is 4.74 Å². The Morgan fingerprint density at radius 2 is 1.80 bits per heavy atom. The molecular weight excluding hydrogens is 396 g/mol. The van der Waals surface area contributed by atoms with Crippen molar-refractivity contribution in [3.63, 3.8) is 0 Å². The quantitative estimate of drug-likeness (QED) is 0.502. The Labute approximate surface area is 182 Å². The number of benzene rings is 2. The van der Waals surface area contributed by atoms with E-state index in [1.54, 1.807) is 7.11 Å². The lowest BCUT2D eigenvalue weighted by atomic mass is 10.0. The zero-order chi connectivity index (χ0) is 21.7. The third kappa shape index (κ3) is 4.84. The Kier molecular flexibility index (Phi) is 7.15. The van der Waals surface area contributed by atoms with Crippen molar-refractivity contribution in [3.8, 4) is 17.1 Å². The molecule has 0 saturated heterocycles. The molecule has 158 valence electrons. The summed E-state index contributed by atoms with van der Waals surface area (Å²) in [5.74, 6) is 1.85. The van der Waals surface area contributed by atoms with Gasteiger partial charge in [0, 0.05) is 17.8 Å². The smallest absolute Gasteiger partial charge is 0.237 e. The molecular formula is C23H28N4O2S. The van der Waals surface area contributed by atoms with E-state index < -0.39 is 0 Å². The predicted octanol–water partition coefficient (Wildman–Crippen LogP) is 5.22. The number of carbonyl (C=O) groups excluding carboxylic acids is 1. The van der Waals surface area contributed by atoms with Crippen LogP contribution in [0.4, 0.5) is 5.69 Å². The van der Waals surface area contributed by atoms with Crippen molar-refractivity contribution in [2.24, 2.45) is 0 Å². The summed E-state index contributed by atoms with van der Waals surface area (Å²) in [6.07, 6.45) is 0. The van der Waals surface area contributed by atoms with Gasteiger partial charge in [0.05, 0.1) is 12.4 Å². The van der Waals surface area contributed by atoms with Gasteiger partial charge in [0.1, 0.15) is 5.75 Å². The first kappa shape index (κ1) is 21.9. The highest BCUT2D eigenvalue weighted by Gasteiger charge is 2.21. The second-order valence-electron chi connectivity index (χ2n) is 7.27. The summed E-state index contributed by atoms with van der Waals surface area (Å²) in [7, 11) is 1.64. The number of amides is 1. The Bertz CT molecular complexity index is 999. The minimum absolute atomic E-state index is 0.0512. The Balaban J connectivity index is 1.76. The van der Waals surface area contributed by atoms with Crippen molar-refractivity contribution < 1.29 is 9.53 Å². The number of rotatable bonds is 8. The highest BCUT2D eigenvalue weighted by atomic mass is 32.2. The zero-order valence-electron chi connectivity index (χ0n) is 18.0. The molecule has 1 heterocycles. The number of nitrogens with zero attached hydrogens (tertiary/aromatic N) is 3. The summed E-state index contributed by atoms with van der Waals surface area (Å²) >= 11 is 1.41. The summed E-state index contributed by atoms with van der Waals surface area (Å²) in [6.45, 7) is 8.88. The number of thioether (sulfide) groups is 1. The highest BCUT2D eigenvalue weighted by molar-refractivity contribution is 8.00. The van der Waals surface area contributed by atoms with E-state index in [1.165, 1.54) is 11.8 Å². The van der Waals surface area contributed by atoms with Crippen LogP contribution in [0.2, 0.25) is 0 Å². The van der Waals surface area contributed by atoms with Crippen LogP contribution in [0.3, 0.4) is 0 Å². The lowest BCUT2D eigenvalue weighted by molar-refractivity contribution is -0.115. The first-order valence-corrected chi connectivity index (χ1v) is 11.0. The van der Waals surface area contributed by atoms with Gasteiger partial charge in [-0.15, -0.1) is 10.2 Å². The second kappa shape index (κ2) is 9.80. The van der Waals surface area contributed by atoms with Gasteiger partial charge >= 0.3 is 0 Å². The van der Waals surface area contributed by atoms with Gasteiger partial charge in [-0.1, -0.05) is 43.8 Å². The van der Waals surface area contributed by atoms with Crippen molar-refractivity contribution in [2.45, 2.75) is 50.6 Å². The van der Waals surface area contributed by atoms with Gasteiger partial charge in [0.25, 0.3) is 0 Å². The molecule has 0 unspecified atom stereocenters. The van der Waals surface area contributed by atoms with E-state index in [-0.39, 0.29) is 11.2 Å². The van der Waals surface area contributed by atoms with Crippen molar-refractivity contribution in [3.05, 3.63) is 54.1 Å². The Hall–Kier alpha value is -2.80. The molecule has 0 spiro atoms. The number of aromatic nitrogens is 3. The van der Waals surface area contributed by atoms with Gasteiger partial charge in [-0.2, -0.15) is 0 Å². The molecule has 3 rings (SSSR count). The van der Waals surface area contributed by atoms with Gasteiger partial charge < -0.3 is 14.6 Å². The molecule has 1 N–H and O–H groups in total. The van der Waals surface area contributed by atoms with Crippen LogP contribution in [0.5, 0.6) is 5.75 Å². The lowest BCUT2D eigenvalue weighted by Gasteiger charge is -2.16. The molecule has 0 aliphatic carbocycles. The molecule has 1 amide bonds. The van der Waals surface area contributed by atoms with E-state index in [9.17, 15) is 4.79 Å². The van der Waals surface area contributed by atoms with Gasteiger partial charge in [-0.05, 0) is 55.7 Å². The van der Waals surface area contributed by atoms with E-state index >= 15 is 0 Å². The van der Waals surface area contributed by atoms with Crippen LogP contribution in [0, 0.1) is 0 Å². The topological polar surface area (TPSA) is 69.0 Å². The van der Waals surface area contributed by atoms with E-state index in [0.717, 1.165) is 33.5 Å². The number of methoxy groups -OCH3 is 1. The number of hydrogen-bond acceptors (Lipinski definition) is 5. The molecule has 7 heteroatoms. The molecule has 2 aromatic carbocycles. The van der Waals surface area contributed by atoms with Crippen LogP contribution < -0.4 is 10.1 Å². The first-order valence-electron chi connectivity index (χ1n) is 10.1. The maximum Gasteiger partial charge on any atom is 0.237 e. The van der Waals surface area contributed by atoms with Gasteiger partial charge in [-0.25, -0.2) is 0 Å². The van der Waals surface area contributed by atoms with Crippen molar-refractivity contribution in [1.82, 2.24) is 14.8 Å². The summed E-state index contributed by atoms with van der Waals surface area (Å²) < 4.78 is 7.25. The summed E-state index contributed by atoms with van der Waals surface area (Å²) in [4.78, 5) is 12.8. The maximum atomic E-state index is 12.8. The highest BCUT2D eigenvalue weighted by Crippen LogP contribution is 2.29. The molecule has 0 aliphatic heterocycles. The Morgan fingerprint density at radius 3 is 2.43 bits per heavy atom. The van der Waals surface area contributed by atoms with Crippen LogP contribution in [-0.2, 0) is 11.3 Å². The molecule has 1 aromatic heterocycles. The molecule has 0 fully saturated rings. The van der Waals surface area contributed by atoms with Gasteiger partial charge in [0.2, 0.25) is 5.91 Å². The standard InChI is InChI=1S/C23H28N4O2S/c1-6-27-21(17-11-13-18(29-5)14-12-17)25-26-23(27)30-16(4)22(28)24-20-10-8-7-9-19(20)15(2)3/h7-16H,6H2,1-5H3,(H,24,28)/t16-/m0/s1. The lowest BCUT2D eigenvalue weighted by Crippen LogP contribution is -2.23. The van der Waals surface area contributed by atoms with Crippen LogP contribution in [-0.4, -0.2) is 33.0 Å². The molecule has 1 atom stereocenters. The Morgan fingerprint density at radius 1 is 1.10 bits per heavy atom. The average Bonchev–Trinajstić information content (AvgIpc) is 3.16. The number of anilines is 1. The molecule has 0 bridgehead atoms. The van der Waals surface area contributed by atoms with Gasteiger partial charge in [-0.3, -0.25) is 4.79 Å². The molecule has 6 nitrogen and oxygen atoms in total. The van der Waals surface area contributed by atoms with E-state index in [0.29, 0.717) is 12.5 Å². The summed E-state index contributed by atoms with van der Waals surface area (Å²) in [5, 5.41) is 12.2. The fourth-order valence-corrected chi connectivity index (χ4v) is 4.09. The third-order valence-corrected chi connectivity index (χ3v) is 5.95. The number of carbonyl (C=O) groups is 1. The van der Waals surface area contributed by atoms with Crippen LogP contribution >= 0.6 is 11.8 Å². The fourth-order valence-electron chi connectivity index (χ4n) is 3.17. The van der Waals surface area contributed by atoms with E-state index in [2.05, 4.69) is 29.4 Å². The van der Waals surface area contributed by atoms with E-state index in [1.807, 2.05) is 66.9 Å². The molecule has 0 aliphatic rings. The normalized spacial score (nSPS) is 12.1. The minimum Gasteiger partial charge on any atom is -0.497 e. The predicted molar refractivity (Wildman–Crippen MR) is 122 cm³/mol. The molecule has 0 radical (unpaired) electrons. The largest absolute Gasteiger partial charge is 0.497 e. The number of nitrogens with one attached hydrogen (secondary N) is 1. The SMILES string of the molecule is CCn1c(S[C@@H](C)C(=O)Nc2ccccc2C(C)C)nnc1-c1ccc(OC)cc1. The number of ether oxygens (including phenoxy) is 1. The third-order valence-electron chi connectivity index (χ3n) is 4.87. The monoisotopic (exact) mass is 424 g/mol. The maximum absolute atomic E-state index is 12.8. The molecule has 3 aromatic rings. The summed E-state index contributed by atoms with van der Waals surface area (Å²) in [6, 6.07) is 15.7.